The van der Waals surface area contributed by atoms with Crippen LogP contribution < -0.4 is 16.0 Å². The van der Waals surface area contributed by atoms with Crippen LogP contribution in [0.25, 0.3) is 0 Å². The topological polar surface area (TPSA) is 92.5 Å². The molecule has 6 nitrogen and oxygen atoms in total. The summed E-state index contributed by atoms with van der Waals surface area (Å²) in [5, 5.41) is 2.42. The molecular formula is C12H10N3O3Te. The first-order chi connectivity index (χ1) is 9.02. The number of urea groups is 1. The quantitative estimate of drug-likeness (QED) is 0.440. The second-order valence-corrected chi connectivity index (χ2v) is 4.56. The molecule has 1 aliphatic heterocycles. The van der Waals surface area contributed by atoms with Gasteiger partial charge in [-0.25, -0.2) is 0 Å². The van der Waals surface area contributed by atoms with E-state index in [1.165, 1.54) is 9.02 Å². The van der Waals surface area contributed by atoms with Crippen molar-refractivity contribution in [3.63, 3.8) is 0 Å². The fourth-order valence-electron chi connectivity index (χ4n) is 1.78. The number of rotatable bonds is 2. The molecule has 3 amide bonds. The van der Waals surface area contributed by atoms with Gasteiger partial charge in [-0.15, -0.1) is 0 Å². The summed E-state index contributed by atoms with van der Waals surface area (Å²) in [6, 6.07) is 5.92. The molecule has 0 atom stereocenters. The van der Waals surface area contributed by atoms with Crippen LogP contribution in [0.3, 0.4) is 0 Å². The third-order valence-electron chi connectivity index (χ3n) is 2.62. The van der Waals surface area contributed by atoms with Gasteiger partial charge in [-0.05, 0) is 0 Å². The second kappa shape index (κ2) is 5.43. The van der Waals surface area contributed by atoms with Gasteiger partial charge in [0.05, 0.1) is 0 Å². The van der Waals surface area contributed by atoms with Crippen molar-refractivity contribution in [3.8, 4) is 0 Å². The monoisotopic (exact) mass is 374 g/mol. The maximum absolute atomic E-state index is 12.0. The van der Waals surface area contributed by atoms with Crippen molar-refractivity contribution >= 4 is 51.4 Å². The summed E-state index contributed by atoms with van der Waals surface area (Å²) in [6.45, 7) is 0.0140. The van der Waals surface area contributed by atoms with E-state index in [-0.39, 0.29) is 23.8 Å². The first-order valence-electron chi connectivity index (χ1n) is 5.36. The number of amides is 3. The van der Waals surface area contributed by atoms with E-state index in [0.29, 0.717) is 11.4 Å². The van der Waals surface area contributed by atoms with E-state index >= 15 is 0 Å². The first-order valence-corrected chi connectivity index (χ1v) is 6.71. The molecule has 1 radical (unpaired) electrons. The number of hydrogen-bond donors (Lipinski definition) is 2. The van der Waals surface area contributed by atoms with Crippen molar-refractivity contribution in [2.45, 2.75) is 0 Å². The molecule has 1 heterocycles. The molecule has 1 aromatic rings. The summed E-state index contributed by atoms with van der Waals surface area (Å²) < 4.78 is 1.52. The van der Waals surface area contributed by atoms with Gasteiger partial charge in [0, 0.05) is 0 Å². The molecule has 1 aromatic carbocycles. The van der Waals surface area contributed by atoms with Gasteiger partial charge in [-0.1, -0.05) is 0 Å². The number of benzene rings is 1. The van der Waals surface area contributed by atoms with Gasteiger partial charge in [0.2, 0.25) is 0 Å². The van der Waals surface area contributed by atoms with Crippen LogP contribution in [0.4, 0.5) is 16.2 Å². The van der Waals surface area contributed by atoms with Crippen molar-refractivity contribution < 1.29 is 14.4 Å². The van der Waals surface area contributed by atoms with Gasteiger partial charge >= 0.3 is 122 Å². The van der Waals surface area contributed by atoms with Crippen molar-refractivity contribution in [1.29, 1.82) is 0 Å². The van der Waals surface area contributed by atoms with Crippen LogP contribution in [0.1, 0.15) is 0 Å². The van der Waals surface area contributed by atoms with Gasteiger partial charge in [0.15, 0.2) is 0 Å². The summed E-state index contributed by atoms with van der Waals surface area (Å²) >= 11 is 1.58. The summed E-state index contributed by atoms with van der Waals surface area (Å²) in [7, 11) is 0. The maximum atomic E-state index is 12.0. The van der Waals surface area contributed by atoms with E-state index in [1.54, 1.807) is 46.6 Å². The predicted octanol–water partition coefficient (Wildman–Crippen LogP) is 0.145. The second-order valence-electron chi connectivity index (χ2n) is 3.89. The average Bonchev–Trinajstić information content (AvgIpc) is 2.64. The molecule has 0 spiro atoms. The van der Waals surface area contributed by atoms with E-state index < -0.39 is 6.03 Å². The van der Waals surface area contributed by atoms with Crippen LogP contribution in [0.2, 0.25) is 0 Å². The SMILES string of the molecule is NC(=O)Nc1cccc(N2CC(=O)/C(=C/[Te])C2=O)c1. The number of nitrogens with one attached hydrogen (secondary N) is 1. The molecule has 1 aliphatic rings. The minimum absolute atomic E-state index is 0.0140. The Hall–Kier alpha value is -1.84. The Kier molecular flexibility index (Phi) is 3.88. The fourth-order valence-corrected chi connectivity index (χ4v) is 2.45. The molecule has 2 rings (SSSR count). The van der Waals surface area contributed by atoms with Crippen LogP contribution in [0.5, 0.6) is 0 Å². The number of primary amides is 1. The summed E-state index contributed by atoms with van der Waals surface area (Å²) in [4.78, 5) is 35.8. The summed E-state index contributed by atoms with van der Waals surface area (Å²) in [5.41, 5.74) is 6.24. The van der Waals surface area contributed by atoms with Gasteiger partial charge in [0.25, 0.3) is 0 Å². The molecule has 0 saturated carbocycles. The molecule has 0 bridgehead atoms. The number of nitrogens with zero attached hydrogens (tertiary/aromatic N) is 1. The predicted molar refractivity (Wildman–Crippen MR) is 70.8 cm³/mol. The number of hydrogen-bond acceptors (Lipinski definition) is 3. The Balaban J connectivity index is 2.31. The third kappa shape index (κ3) is 2.78. The fraction of sp³-hybridized carbons (Fsp3) is 0.0833. The number of nitrogens with two attached hydrogens (primary N) is 1. The van der Waals surface area contributed by atoms with Crippen LogP contribution >= 0.6 is 0 Å². The standard InChI is InChI=1S/C12H10N3O3Te/c13-12(18)14-7-2-1-3-8(4-7)15-5-10(16)9(6-19)11(15)17/h1-4,6H,5H2,(H3,13,14,18)/b9-6-. The molecule has 0 unspecified atom stereocenters. The van der Waals surface area contributed by atoms with Gasteiger partial charge in [0.1, 0.15) is 0 Å². The van der Waals surface area contributed by atoms with E-state index in [1.807, 2.05) is 0 Å². The van der Waals surface area contributed by atoms with Crippen molar-refractivity contribution in [2.75, 3.05) is 16.8 Å². The first kappa shape index (κ1) is 13.6. The number of carbonyl (C=O) groups is 3. The van der Waals surface area contributed by atoms with E-state index in [2.05, 4.69) is 5.32 Å². The van der Waals surface area contributed by atoms with Crippen LogP contribution in [-0.4, -0.2) is 46.6 Å². The average molecular weight is 372 g/mol. The van der Waals surface area contributed by atoms with Crippen LogP contribution in [0, 0.1) is 0 Å². The number of Topliss-reactive ketones (excluding diaryl/α,β-unsaturated/α-hetero) is 1. The number of anilines is 2. The van der Waals surface area contributed by atoms with Gasteiger partial charge in [-0.2, -0.15) is 0 Å². The van der Waals surface area contributed by atoms with E-state index in [4.69, 9.17) is 5.73 Å². The zero-order valence-corrected chi connectivity index (χ0v) is 12.1. The summed E-state index contributed by atoms with van der Waals surface area (Å²) in [6.07, 6.45) is 0. The molecule has 7 heteroatoms. The normalized spacial score (nSPS) is 17.1. The van der Waals surface area contributed by atoms with Gasteiger partial charge < -0.3 is 0 Å². The Labute approximate surface area is 122 Å². The van der Waals surface area contributed by atoms with Crippen LogP contribution in [-0.2, 0) is 9.59 Å². The molecule has 97 valence electrons. The van der Waals surface area contributed by atoms with E-state index in [0.717, 1.165) is 0 Å². The molecule has 1 fully saturated rings. The molecular weight excluding hydrogens is 362 g/mol. The van der Waals surface area contributed by atoms with Crippen molar-refractivity contribution in [1.82, 2.24) is 0 Å². The Bertz CT molecular complexity index is 598. The molecule has 3 N–H and O–H groups in total. The molecule has 0 aliphatic carbocycles. The zero-order chi connectivity index (χ0) is 14.0. The molecule has 1 saturated heterocycles. The van der Waals surface area contributed by atoms with E-state index in [9.17, 15) is 14.4 Å². The molecule has 19 heavy (non-hydrogen) atoms. The van der Waals surface area contributed by atoms with Crippen LogP contribution in [0.15, 0.2) is 34.0 Å². The summed E-state index contributed by atoms with van der Waals surface area (Å²) in [5.74, 6) is -0.533. The molecule has 0 aromatic heterocycles. The zero-order valence-electron chi connectivity index (χ0n) is 9.75. The Morgan fingerprint density at radius 1 is 1.42 bits per heavy atom. The van der Waals surface area contributed by atoms with Crippen molar-refractivity contribution in [2.24, 2.45) is 5.73 Å². The van der Waals surface area contributed by atoms with Crippen molar-refractivity contribution in [3.05, 3.63) is 34.0 Å². The van der Waals surface area contributed by atoms with Gasteiger partial charge in [-0.3, -0.25) is 0 Å². The minimum atomic E-state index is -0.685. The third-order valence-corrected chi connectivity index (χ3v) is 3.29. The number of ketones is 1. The Morgan fingerprint density at radius 2 is 2.16 bits per heavy atom. The number of carbonyl (C=O) groups excluding carboxylic acids is 3. The Morgan fingerprint density at radius 3 is 2.74 bits per heavy atom.